The first kappa shape index (κ1) is 17.5. The van der Waals surface area contributed by atoms with E-state index in [-0.39, 0.29) is 23.6 Å². The van der Waals surface area contributed by atoms with Crippen LogP contribution in [-0.2, 0) is 0 Å². The average molecular weight is 369 g/mol. The van der Waals surface area contributed by atoms with Crippen LogP contribution in [-0.4, -0.2) is 71.2 Å². The van der Waals surface area contributed by atoms with Crippen LogP contribution in [0.3, 0.4) is 0 Å². The fraction of sp³-hybridized carbons (Fsp3) is 0.444. The highest BCUT2D eigenvalue weighted by atomic mass is 16.2. The summed E-state index contributed by atoms with van der Waals surface area (Å²) in [5, 5.41) is 12.2. The molecule has 1 saturated heterocycles. The lowest BCUT2D eigenvalue weighted by atomic mass is 10.2. The van der Waals surface area contributed by atoms with Gasteiger partial charge in [-0.05, 0) is 32.0 Å². The molecule has 0 atom stereocenters. The van der Waals surface area contributed by atoms with E-state index >= 15 is 0 Å². The van der Waals surface area contributed by atoms with Gasteiger partial charge in [-0.25, -0.2) is 4.98 Å². The number of hydrogen-bond acceptors (Lipinski definition) is 6. The van der Waals surface area contributed by atoms with Gasteiger partial charge in [-0.15, -0.1) is 0 Å². The van der Waals surface area contributed by atoms with Crippen LogP contribution < -0.4 is 15.5 Å². The molecule has 2 aromatic heterocycles. The largest absolute Gasteiger partial charge is 0.354 e. The third kappa shape index (κ3) is 4.08. The van der Waals surface area contributed by atoms with Gasteiger partial charge in [-0.1, -0.05) is 0 Å². The van der Waals surface area contributed by atoms with Crippen LogP contribution in [0.15, 0.2) is 24.5 Å². The second-order valence-corrected chi connectivity index (χ2v) is 7.05. The summed E-state index contributed by atoms with van der Waals surface area (Å²) in [6.45, 7) is 3.68. The second kappa shape index (κ2) is 7.36. The number of aromatic nitrogens is 3. The first-order chi connectivity index (χ1) is 13.1. The van der Waals surface area contributed by atoms with Gasteiger partial charge in [-0.2, -0.15) is 5.10 Å². The number of carbonyl (C=O) groups excluding carboxylic acids is 2. The van der Waals surface area contributed by atoms with Crippen LogP contribution in [0.1, 0.15) is 33.7 Å². The summed E-state index contributed by atoms with van der Waals surface area (Å²) in [6, 6.07) is 3.68. The van der Waals surface area contributed by atoms with E-state index < -0.39 is 0 Å². The van der Waals surface area contributed by atoms with Gasteiger partial charge in [0, 0.05) is 44.0 Å². The molecule has 0 bridgehead atoms. The van der Waals surface area contributed by atoms with Crippen molar-refractivity contribution in [3.05, 3.63) is 35.8 Å². The number of H-pyrrole nitrogens is 1. The number of likely N-dealkylation sites (N-methyl/N-ethyl adjacent to an activating group) is 1. The van der Waals surface area contributed by atoms with Gasteiger partial charge in [0.2, 0.25) is 0 Å². The minimum Gasteiger partial charge on any atom is -0.354 e. The third-order valence-electron chi connectivity index (χ3n) is 4.86. The molecule has 0 spiro atoms. The molecule has 1 aliphatic carbocycles. The topological polar surface area (TPSA) is 106 Å². The molecule has 0 aromatic carbocycles. The van der Waals surface area contributed by atoms with Crippen LogP contribution >= 0.6 is 0 Å². The molecule has 9 nitrogen and oxygen atoms in total. The van der Waals surface area contributed by atoms with Crippen molar-refractivity contribution in [2.75, 3.05) is 43.4 Å². The fourth-order valence-electron chi connectivity index (χ4n) is 3.00. The lowest BCUT2D eigenvalue weighted by Gasteiger charge is -2.33. The van der Waals surface area contributed by atoms with Crippen molar-refractivity contribution in [3.63, 3.8) is 0 Å². The van der Waals surface area contributed by atoms with Crippen molar-refractivity contribution in [1.82, 2.24) is 25.4 Å². The van der Waals surface area contributed by atoms with Crippen LogP contribution in [0.25, 0.3) is 0 Å². The third-order valence-corrected chi connectivity index (χ3v) is 4.86. The van der Waals surface area contributed by atoms with Crippen molar-refractivity contribution in [2.24, 2.45) is 0 Å². The smallest absolute Gasteiger partial charge is 0.271 e. The van der Waals surface area contributed by atoms with E-state index in [4.69, 9.17) is 0 Å². The number of hydrogen-bond donors (Lipinski definition) is 3. The SMILES string of the molecule is CN1CCN(c2cc(C(=O)Nc3cn[nH]c3C(=O)NC3CC3)ccn2)CC1. The van der Waals surface area contributed by atoms with Gasteiger partial charge < -0.3 is 20.4 Å². The van der Waals surface area contributed by atoms with Crippen molar-refractivity contribution in [1.29, 1.82) is 0 Å². The van der Waals surface area contributed by atoms with Crippen molar-refractivity contribution in [3.8, 4) is 0 Å². The van der Waals surface area contributed by atoms with Gasteiger partial charge >= 0.3 is 0 Å². The van der Waals surface area contributed by atoms with Crippen molar-refractivity contribution in [2.45, 2.75) is 18.9 Å². The molecule has 3 N–H and O–H groups in total. The Morgan fingerprint density at radius 3 is 2.70 bits per heavy atom. The molecule has 2 aliphatic rings. The van der Waals surface area contributed by atoms with Gasteiger partial charge in [0.1, 0.15) is 11.5 Å². The van der Waals surface area contributed by atoms with E-state index in [2.05, 4.69) is 42.7 Å². The molecule has 1 saturated carbocycles. The molecule has 0 radical (unpaired) electrons. The molecule has 1 aliphatic heterocycles. The zero-order valence-corrected chi connectivity index (χ0v) is 15.2. The Bertz CT molecular complexity index is 838. The lowest BCUT2D eigenvalue weighted by Crippen LogP contribution is -2.44. The summed E-state index contributed by atoms with van der Waals surface area (Å²) in [6.07, 6.45) is 5.07. The fourth-order valence-corrected chi connectivity index (χ4v) is 3.00. The summed E-state index contributed by atoms with van der Waals surface area (Å²) < 4.78 is 0. The van der Waals surface area contributed by atoms with E-state index in [9.17, 15) is 9.59 Å². The molecule has 2 fully saturated rings. The molecule has 0 unspecified atom stereocenters. The normalized spacial score (nSPS) is 17.6. The van der Waals surface area contributed by atoms with Crippen LogP contribution in [0, 0.1) is 0 Å². The van der Waals surface area contributed by atoms with E-state index in [0.29, 0.717) is 11.3 Å². The maximum Gasteiger partial charge on any atom is 0.271 e. The van der Waals surface area contributed by atoms with E-state index in [1.54, 1.807) is 18.3 Å². The number of rotatable bonds is 5. The number of nitrogens with zero attached hydrogens (tertiary/aromatic N) is 4. The van der Waals surface area contributed by atoms with Gasteiger partial charge in [0.15, 0.2) is 0 Å². The molecule has 3 heterocycles. The Labute approximate surface area is 157 Å². The van der Waals surface area contributed by atoms with Crippen LogP contribution in [0.5, 0.6) is 0 Å². The van der Waals surface area contributed by atoms with Crippen LogP contribution in [0.4, 0.5) is 11.5 Å². The summed E-state index contributed by atoms with van der Waals surface area (Å²) >= 11 is 0. The maximum absolute atomic E-state index is 12.7. The molecular formula is C18H23N7O2. The highest BCUT2D eigenvalue weighted by Crippen LogP contribution is 2.21. The minimum absolute atomic E-state index is 0.232. The number of amides is 2. The highest BCUT2D eigenvalue weighted by Gasteiger charge is 2.26. The number of piperazine rings is 1. The van der Waals surface area contributed by atoms with Gasteiger partial charge in [0.25, 0.3) is 11.8 Å². The number of pyridine rings is 1. The predicted octanol–water partition coefficient (Wildman–Crippen LogP) is 0.701. The zero-order chi connectivity index (χ0) is 18.8. The summed E-state index contributed by atoms with van der Waals surface area (Å²) in [4.78, 5) is 33.7. The van der Waals surface area contributed by atoms with E-state index in [1.165, 1.54) is 6.20 Å². The molecular weight excluding hydrogens is 346 g/mol. The molecule has 142 valence electrons. The number of nitrogens with one attached hydrogen (secondary N) is 3. The monoisotopic (exact) mass is 369 g/mol. The first-order valence-corrected chi connectivity index (χ1v) is 9.15. The first-order valence-electron chi connectivity index (χ1n) is 9.15. The van der Waals surface area contributed by atoms with Crippen molar-refractivity contribution < 1.29 is 9.59 Å². The van der Waals surface area contributed by atoms with E-state index in [0.717, 1.165) is 44.8 Å². The van der Waals surface area contributed by atoms with E-state index in [1.807, 2.05) is 0 Å². The number of aromatic amines is 1. The zero-order valence-electron chi connectivity index (χ0n) is 15.2. The van der Waals surface area contributed by atoms with Crippen molar-refractivity contribution >= 4 is 23.3 Å². The summed E-state index contributed by atoms with van der Waals surface area (Å²) in [5.41, 5.74) is 1.13. The molecule has 2 amide bonds. The molecule has 9 heteroatoms. The Hall–Kier alpha value is -2.94. The second-order valence-electron chi connectivity index (χ2n) is 7.05. The molecule has 2 aromatic rings. The highest BCUT2D eigenvalue weighted by molar-refractivity contribution is 6.08. The van der Waals surface area contributed by atoms with Crippen LogP contribution in [0.2, 0.25) is 0 Å². The number of anilines is 2. The molecule has 27 heavy (non-hydrogen) atoms. The Morgan fingerprint density at radius 2 is 1.96 bits per heavy atom. The summed E-state index contributed by atoms with van der Waals surface area (Å²) in [7, 11) is 2.09. The quantitative estimate of drug-likeness (QED) is 0.716. The Morgan fingerprint density at radius 1 is 1.19 bits per heavy atom. The van der Waals surface area contributed by atoms with Gasteiger partial charge in [0.05, 0.1) is 11.9 Å². The Kier molecular flexibility index (Phi) is 4.76. The Balaban J connectivity index is 1.45. The molecule has 4 rings (SSSR count). The standard InChI is InChI=1S/C18H23N7O2/c1-24-6-8-25(9-7-24)15-10-12(4-5-19-15)17(26)22-14-11-20-23-16(14)18(27)21-13-2-3-13/h4-5,10-11,13H,2-3,6-9H2,1H3,(H,20,23)(H,21,27)(H,22,26). The summed E-state index contributed by atoms with van der Waals surface area (Å²) in [5.74, 6) is 0.238. The average Bonchev–Trinajstić information content (AvgIpc) is 3.37. The minimum atomic E-state index is -0.297. The maximum atomic E-state index is 12.7. The predicted molar refractivity (Wildman–Crippen MR) is 101 cm³/mol. The van der Waals surface area contributed by atoms with Gasteiger partial charge in [-0.3, -0.25) is 14.7 Å². The number of carbonyl (C=O) groups is 2. The lowest BCUT2D eigenvalue weighted by molar-refractivity contribution is 0.0947.